The van der Waals surface area contributed by atoms with Crippen molar-refractivity contribution in [3.63, 3.8) is 0 Å². The van der Waals surface area contributed by atoms with Gasteiger partial charge < -0.3 is 21.1 Å². The standard InChI is InChI=1S/C20H26N4O2.HI/c1-14(2)19(25)23-17-10-8-15(9-11-17)12-22-20(21)24-18-7-5-4-6-16(18)13-26-3;/h4-11,14H,12-13H2,1-3H3,(H,23,25)(H3,21,22,24);1H. The highest BCUT2D eigenvalue weighted by atomic mass is 127. The van der Waals surface area contributed by atoms with Gasteiger partial charge in [-0.25, -0.2) is 4.99 Å². The summed E-state index contributed by atoms with van der Waals surface area (Å²) in [6, 6.07) is 15.4. The first-order valence-corrected chi connectivity index (χ1v) is 8.53. The van der Waals surface area contributed by atoms with Gasteiger partial charge in [0.15, 0.2) is 5.96 Å². The molecule has 0 bridgehead atoms. The van der Waals surface area contributed by atoms with E-state index in [1.165, 1.54) is 0 Å². The molecule has 4 N–H and O–H groups in total. The highest BCUT2D eigenvalue weighted by molar-refractivity contribution is 14.0. The molecule has 0 aliphatic rings. The number of halogens is 1. The summed E-state index contributed by atoms with van der Waals surface area (Å²) in [5.41, 5.74) is 9.65. The Hall–Kier alpha value is -2.13. The number of hydrogen-bond donors (Lipinski definition) is 3. The van der Waals surface area contributed by atoms with Crippen molar-refractivity contribution in [2.24, 2.45) is 16.6 Å². The minimum Gasteiger partial charge on any atom is -0.380 e. The Kier molecular flexibility index (Phi) is 9.81. The monoisotopic (exact) mass is 482 g/mol. The summed E-state index contributed by atoms with van der Waals surface area (Å²) >= 11 is 0. The number of anilines is 2. The fourth-order valence-electron chi connectivity index (χ4n) is 2.26. The Labute approximate surface area is 177 Å². The lowest BCUT2D eigenvalue weighted by atomic mass is 10.1. The molecule has 2 rings (SSSR count). The summed E-state index contributed by atoms with van der Waals surface area (Å²) in [7, 11) is 1.65. The minimum atomic E-state index is -0.0499. The molecular weight excluding hydrogens is 455 g/mol. The maximum Gasteiger partial charge on any atom is 0.226 e. The number of hydrogen-bond acceptors (Lipinski definition) is 3. The van der Waals surface area contributed by atoms with Gasteiger partial charge in [-0.15, -0.1) is 24.0 Å². The molecule has 0 fully saturated rings. The van der Waals surface area contributed by atoms with Gasteiger partial charge in [0.2, 0.25) is 5.91 Å². The number of benzene rings is 2. The van der Waals surface area contributed by atoms with Crippen molar-refractivity contribution < 1.29 is 9.53 Å². The van der Waals surface area contributed by atoms with Gasteiger partial charge in [-0.05, 0) is 23.8 Å². The third-order valence-electron chi connectivity index (χ3n) is 3.76. The van der Waals surface area contributed by atoms with Crippen LogP contribution in [0.3, 0.4) is 0 Å². The van der Waals surface area contributed by atoms with Gasteiger partial charge in [0, 0.05) is 30.0 Å². The average Bonchev–Trinajstić information content (AvgIpc) is 2.63. The molecular formula is C20H27IN4O2. The van der Waals surface area contributed by atoms with E-state index in [2.05, 4.69) is 15.6 Å². The predicted octanol–water partition coefficient (Wildman–Crippen LogP) is 3.97. The molecule has 146 valence electrons. The smallest absolute Gasteiger partial charge is 0.226 e. The van der Waals surface area contributed by atoms with Gasteiger partial charge in [0.1, 0.15) is 0 Å². The van der Waals surface area contributed by atoms with Gasteiger partial charge in [-0.3, -0.25) is 4.79 Å². The number of para-hydroxylation sites is 1. The highest BCUT2D eigenvalue weighted by Gasteiger charge is 2.06. The molecule has 2 aromatic rings. The number of carbonyl (C=O) groups is 1. The first kappa shape index (κ1) is 22.9. The van der Waals surface area contributed by atoms with Crippen molar-refractivity contribution in [1.29, 1.82) is 0 Å². The number of nitrogens with two attached hydrogens (primary N) is 1. The Morgan fingerprint density at radius 3 is 2.41 bits per heavy atom. The molecule has 0 heterocycles. The van der Waals surface area contributed by atoms with E-state index >= 15 is 0 Å². The van der Waals surface area contributed by atoms with Crippen molar-refractivity contribution in [2.75, 3.05) is 17.7 Å². The number of ether oxygens (including phenoxy) is 1. The normalized spacial score (nSPS) is 11.0. The van der Waals surface area contributed by atoms with Crippen LogP contribution in [0.2, 0.25) is 0 Å². The Morgan fingerprint density at radius 1 is 1.11 bits per heavy atom. The number of carbonyl (C=O) groups excluding carboxylic acids is 1. The molecule has 0 saturated heterocycles. The lowest BCUT2D eigenvalue weighted by Gasteiger charge is -2.11. The zero-order valence-corrected chi connectivity index (χ0v) is 18.2. The molecule has 0 atom stereocenters. The SMILES string of the molecule is COCc1ccccc1NC(N)=NCc1ccc(NC(=O)C(C)C)cc1.I. The van der Waals surface area contributed by atoms with Crippen LogP contribution in [0.25, 0.3) is 0 Å². The van der Waals surface area contributed by atoms with E-state index in [1.54, 1.807) is 7.11 Å². The number of guanidine groups is 1. The number of nitrogens with one attached hydrogen (secondary N) is 2. The van der Waals surface area contributed by atoms with Crippen LogP contribution in [0.4, 0.5) is 11.4 Å². The molecule has 0 radical (unpaired) electrons. The maximum absolute atomic E-state index is 11.7. The molecule has 0 saturated carbocycles. The first-order valence-electron chi connectivity index (χ1n) is 8.53. The van der Waals surface area contributed by atoms with Crippen molar-refractivity contribution in [1.82, 2.24) is 0 Å². The molecule has 2 aromatic carbocycles. The van der Waals surface area contributed by atoms with E-state index in [1.807, 2.05) is 62.4 Å². The van der Waals surface area contributed by atoms with Crippen LogP contribution in [-0.2, 0) is 22.7 Å². The number of rotatable bonds is 7. The lowest BCUT2D eigenvalue weighted by Crippen LogP contribution is -2.23. The maximum atomic E-state index is 11.7. The van der Waals surface area contributed by atoms with E-state index in [9.17, 15) is 4.79 Å². The summed E-state index contributed by atoms with van der Waals surface area (Å²) in [4.78, 5) is 16.1. The summed E-state index contributed by atoms with van der Waals surface area (Å²) in [6.45, 7) is 4.67. The minimum absolute atomic E-state index is 0. The van der Waals surface area contributed by atoms with Crippen LogP contribution in [0.15, 0.2) is 53.5 Å². The van der Waals surface area contributed by atoms with Crippen LogP contribution in [0.1, 0.15) is 25.0 Å². The number of aliphatic imine (C=N–C) groups is 1. The van der Waals surface area contributed by atoms with E-state index in [0.29, 0.717) is 19.1 Å². The van der Waals surface area contributed by atoms with Crippen molar-refractivity contribution in [3.05, 3.63) is 59.7 Å². The van der Waals surface area contributed by atoms with Crippen LogP contribution < -0.4 is 16.4 Å². The van der Waals surface area contributed by atoms with Crippen LogP contribution in [0, 0.1) is 5.92 Å². The van der Waals surface area contributed by atoms with Gasteiger partial charge >= 0.3 is 0 Å². The fourth-order valence-corrected chi connectivity index (χ4v) is 2.26. The Balaban J connectivity index is 0.00000364. The summed E-state index contributed by atoms with van der Waals surface area (Å²) in [6.07, 6.45) is 0. The molecule has 7 heteroatoms. The lowest BCUT2D eigenvalue weighted by molar-refractivity contribution is -0.118. The van der Waals surface area contributed by atoms with Crippen LogP contribution >= 0.6 is 24.0 Å². The third kappa shape index (κ3) is 7.56. The van der Waals surface area contributed by atoms with Crippen molar-refractivity contribution in [3.8, 4) is 0 Å². The van der Waals surface area contributed by atoms with Gasteiger partial charge in [0.25, 0.3) is 0 Å². The van der Waals surface area contributed by atoms with Gasteiger partial charge in [-0.1, -0.05) is 44.2 Å². The second-order valence-electron chi connectivity index (χ2n) is 6.26. The predicted molar refractivity (Wildman–Crippen MR) is 121 cm³/mol. The zero-order valence-electron chi connectivity index (χ0n) is 15.9. The van der Waals surface area contributed by atoms with Crippen LogP contribution in [0.5, 0.6) is 0 Å². The molecule has 0 spiro atoms. The molecule has 6 nitrogen and oxygen atoms in total. The second kappa shape index (κ2) is 11.6. The van der Waals surface area contributed by atoms with E-state index in [0.717, 1.165) is 22.5 Å². The van der Waals surface area contributed by atoms with E-state index < -0.39 is 0 Å². The highest BCUT2D eigenvalue weighted by Crippen LogP contribution is 2.16. The zero-order chi connectivity index (χ0) is 18.9. The van der Waals surface area contributed by atoms with E-state index in [-0.39, 0.29) is 35.8 Å². The average molecular weight is 482 g/mol. The topological polar surface area (TPSA) is 88.7 Å². The molecule has 0 aromatic heterocycles. The van der Waals surface area contributed by atoms with E-state index in [4.69, 9.17) is 10.5 Å². The Morgan fingerprint density at radius 2 is 1.78 bits per heavy atom. The molecule has 0 unspecified atom stereocenters. The van der Waals surface area contributed by atoms with Crippen molar-refractivity contribution in [2.45, 2.75) is 27.0 Å². The van der Waals surface area contributed by atoms with Gasteiger partial charge in [-0.2, -0.15) is 0 Å². The van der Waals surface area contributed by atoms with Gasteiger partial charge in [0.05, 0.1) is 13.2 Å². The van der Waals surface area contributed by atoms with Crippen molar-refractivity contribution >= 4 is 47.2 Å². The number of methoxy groups -OCH3 is 1. The second-order valence-corrected chi connectivity index (χ2v) is 6.26. The summed E-state index contributed by atoms with van der Waals surface area (Å²) in [5, 5.41) is 5.97. The largest absolute Gasteiger partial charge is 0.380 e. The molecule has 0 aliphatic carbocycles. The Bertz CT molecular complexity index is 761. The number of amides is 1. The quantitative estimate of drug-likeness (QED) is 0.317. The summed E-state index contributed by atoms with van der Waals surface area (Å²) in [5.74, 6) is 0.288. The molecule has 0 aliphatic heterocycles. The number of nitrogens with zero attached hydrogens (tertiary/aromatic N) is 1. The summed E-state index contributed by atoms with van der Waals surface area (Å²) < 4.78 is 5.18. The molecule has 1 amide bonds. The third-order valence-corrected chi connectivity index (χ3v) is 3.76. The molecule has 27 heavy (non-hydrogen) atoms. The fraction of sp³-hybridized carbons (Fsp3) is 0.300. The van der Waals surface area contributed by atoms with Crippen LogP contribution in [-0.4, -0.2) is 19.0 Å². The first-order chi connectivity index (χ1) is 12.5.